The fourth-order valence-corrected chi connectivity index (χ4v) is 3.34. The van der Waals surface area contributed by atoms with Gasteiger partial charge in [0, 0.05) is 38.4 Å². The summed E-state index contributed by atoms with van der Waals surface area (Å²) in [6.45, 7) is 4.78. The normalized spacial score (nSPS) is 24.0. The minimum atomic E-state index is -0.493. The summed E-state index contributed by atoms with van der Waals surface area (Å²) in [5.74, 6) is -0.376. The second kappa shape index (κ2) is 5.64. The second-order valence-electron chi connectivity index (χ2n) is 6.27. The van der Waals surface area contributed by atoms with Crippen molar-refractivity contribution < 1.29 is 14.4 Å². The summed E-state index contributed by atoms with van der Waals surface area (Å²) >= 11 is 0. The number of aryl methyl sites for hydroxylation is 1. The molecule has 2 fully saturated rings. The molecule has 1 spiro atoms. The maximum absolute atomic E-state index is 12.6. The number of piperazine rings is 1. The zero-order valence-corrected chi connectivity index (χ0v) is 13.3. The van der Waals surface area contributed by atoms with Gasteiger partial charge >= 0.3 is 0 Å². The van der Waals surface area contributed by atoms with E-state index in [0.29, 0.717) is 31.6 Å². The molecule has 1 aromatic heterocycles. The Balaban J connectivity index is 1.79. The van der Waals surface area contributed by atoms with Crippen LogP contribution in [0.3, 0.4) is 0 Å². The number of carbonyl (C=O) groups is 3. The molecule has 1 atom stereocenters. The van der Waals surface area contributed by atoms with Gasteiger partial charge in [-0.1, -0.05) is 0 Å². The molecule has 1 aromatic rings. The molecule has 122 valence electrons. The highest BCUT2D eigenvalue weighted by atomic mass is 16.2. The van der Waals surface area contributed by atoms with Gasteiger partial charge in [-0.05, 0) is 25.5 Å². The zero-order valence-electron chi connectivity index (χ0n) is 13.3. The lowest BCUT2D eigenvalue weighted by Crippen LogP contribution is -2.65. The van der Waals surface area contributed by atoms with Crippen molar-refractivity contribution in [3.8, 4) is 0 Å². The van der Waals surface area contributed by atoms with E-state index in [1.165, 1.54) is 6.92 Å². The number of nitrogens with one attached hydrogen (secondary N) is 1. The molecule has 2 saturated heterocycles. The first-order valence-corrected chi connectivity index (χ1v) is 7.68. The molecule has 1 N–H and O–H groups in total. The first kappa shape index (κ1) is 15.5. The zero-order chi connectivity index (χ0) is 16.6. The fraction of sp³-hybridized carbons (Fsp3) is 0.500. The monoisotopic (exact) mass is 316 g/mol. The van der Waals surface area contributed by atoms with Crippen molar-refractivity contribution in [2.75, 3.05) is 26.2 Å². The number of carbonyl (C=O) groups excluding carboxylic acids is 3. The highest BCUT2D eigenvalue weighted by Gasteiger charge is 2.48. The Kier molecular flexibility index (Phi) is 3.79. The molecule has 0 aliphatic carbocycles. The lowest BCUT2D eigenvalue weighted by atomic mass is 9.93. The van der Waals surface area contributed by atoms with Gasteiger partial charge in [0.2, 0.25) is 11.8 Å². The Morgan fingerprint density at radius 2 is 2.13 bits per heavy atom. The Bertz CT molecular complexity index is 658. The van der Waals surface area contributed by atoms with Gasteiger partial charge in [0.1, 0.15) is 6.54 Å². The minimum Gasteiger partial charge on any atom is -0.352 e. The van der Waals surface area contributed by atoms with Gasteiger partial charge in [0.15, 0.2) is 0 Å². The maximum Gasteiger partial charge on any atom is 0.255 e. The van der Waals surface area contributed by atoms with Crippen LogP contribution in [0.25, 0.3) is 0 Å². The molecule has 2 aliphatic heterocycles. The van der Waals surface area contributed by atoms with E-state index in [1.807, 2.05) is 13.0 Å². The quantitative estimate of drug-likeness (QED) is 0.788. The summed E-state index contributed by atoms with van der Waals surface area (Å²) in [5.41, 5.74) is 0.909. The summed E-state index contributed by atoms with van der Waals surface area (Å²) in [6.07, 6.45) is 2.24. The summed E-state index contributed by atoms with van der Waals surface area (Å²) < 4.78 is 0. The van der Waals surface area contributed by atoms with Crippen LogP contribution in [0.1, 0.15) is 29.4 Å². The Morgan fingerprint density at radius 1 is 1.35 bits per heavy atom. The molecule has 3 heterocycles. The van der Waals surface area contributed by atoms with Crippen molar-refractivity contribution in [2.45, 2.75) is 25.8 Å². The van der Waals surface area contributed by atoms with E-state index < -0.39 is 5.54 Å². The van der Waals surface area contributed by atoms with Crippen molar-refractivity contribution in [2.24, 2.45) is 0 Å². The Labute approximate surface area is 134 Å². The molecule has 0 aromatic carbocycles. The number of rotatable bonds is 1. The van der Waals surface area contributed by atoms with E-state index in [2.05, 4.69) is 10.3 Å². The molecule has 0 bridgehead atoms. The van der Waals surface area contributed by atoms with Crippen molar-refractivity contribution >= 4 is 17.7 Å². The van der Waals surface area contributed by atoms with Gasteiger partial charge in [0.25, 0.3) is 5.91 Å². The Hall–Kier alpha value is -2.44. The average Bonchev–Trinajstić information content (AvgIpc) is 2.95. The number of nitrogens with zero attached hydrogens (tertiary/aromatic N) is 3. The van der Waals surface area contributed by atoms with Gasteiger partial charge in [0.05, 0.1) is 11.1 Å². The van der Waals surface area contributed by atoms with E-state index in [1.54, 1.807) is 22.1 Å². The van der Waals surface area contributed by atoms with Crippen LogP contribution in [0.15, 0.2) is 18.3 Å². The SMILES string of the molecule is CC(=O)N1CC(=O)NC[C@]12CCN(C(=O)c1ccc(C)nc1)C2. The first-order valence-electron chi connectivity index (χ1n) is 7.68. The van der Waals surface area contributed by atoms with Crippen LogP contribution in [0, 0.1) is 6.92 Å². The van der Waals surface area contributed by atoms with Crippen LogP contribution >= 0.6 is 0 Å². The molecule has 3 rings (SSSR count). The molecular formula is C16H20N4O3. The third-order valence-corrected chi connectivity index (χ3v) is 4.65. The van der Waals surface area contributed by atoms with Crippen LogP contribution in [-0.4, -0.2) is 64.2 Å². The largest absolute Gasteiger partial charge is 0.352 e. The van der Waals surface area contributed by atoms with Gasteiger partial charge in [-0.25, -0.2) is 0 Å². The molecular weight excluding hydrogens is 296 g/mol. The van der Waals surface area contributed by atoms with Crippen LogP contribution in [0.2, 0.25) is 0 Å². The number of amides is 3. The number of aromatic nitrogens is 1. The lowest BCUT2D eigenvalue weighted by Gasteiger charge is -2.43. The van der Waals surface area contributed by atoms with Crippen LogP contribution in [0.4, 0.5) is 0 Å². The number of hydrogen-bond donors (Lipinski definition) is 1. The molecule has 3 amide bonds. The van der Waals surface area contributed by atoms with Gasteiger partial charge in [-0.2, -0.15) is 0 Å². The molecule has 2 aliphatic rings. The van der Waals surface area contributed by atoms with Crippen molar-refractivity contribution in [3.63, 3.8) is 0 Å². The maximum atomic E-state index is 12.6. The van der Waals surface area contributed by atoms with Gasteiger partial charge in [-0.3, -0.25) is 19.4 Å². The van der Waals surface area contributed by atoms with Crippen molar-refractivity contribution in [1.82, 2.24) is 20.1 Å². The number of likely N-dealkylation sites (tertiary alicyclic amines) is 1. The van der Waals surface area contributed by atoms with E-state index in [4.69, 9.17) is 0 Å². The van der Waals surface area contributed by atoms with Crippen LogP contribution in [0.5, 0.6) is 0 Å². The highest BCUT2D eigenvalue weighted by molar-refractivity contribution is 5.94. The molecule has 0 saturated carbocycles. The van der Waals surface area contributed by atoms with Gasteiger partial charge < -0.3 is 15.1 Å². The van der Waals surface area contributed by atoms with E-state index in [-0.39, 0.29) is 24.3 Å². The van der Waals surface area contributed by atoms with Gasteiger partial charge in [-0.15, -0.1) is 0 Å². The first-order chi connectivity index (χ1) is 10.9. The molecule has 0 radical (unpaired) electrons. The standard InChI is InChI=1S/C16H20N4O3/c1-11-3-4-13(7-17-11)15(23)19-6-5-16(10-19)9-18-14(22)8-20(16)12(2)21/h3-4,7H,5-6,8-10H2,1-2H3,(H,18,22)/t16-/m0/s1. The van der Waals surface area contributed by atoms with Crippen molar-refractivity contribution in [3.05, 3.63) is 29.6 Å². The third-order valence-electron chi connectivity index (χ3n) is 4.65. The van der Waals surface area contributed by atoms with Crippen LogP contribution in [-0.2, 0) is 9.59 Å². The molecule has 7 nitrogen and oxygen atoms in total. The highest BCUT2D eigenvalue weighted by Crippen LogP contribution is 2.30. The second-order valence-corrected chi connectivity index (χ2v) is 6.27. The molecule has 7 heteroatoms. The summed E-state index contributed by atoms with van der Waals surface area (Å²) in [6, 6.07) is 3.57. The summed E-state index contributed by atoms with van der Waals surface area (Å²) in [7, 11) is 0. The minimum absolute atomic E-state index is 0.0590. The van der Waals surface area contributed by atoms with Crippen LogP contribution < -0.4 is 5.32 Å². The Morgan fingerprint density at radius 3 is 2.78 bits per heavy atom. The number of hydrogen-bond acceptors (Lipinski definition) is 4. The van der Waals surface area contributed by atoms with E-state index in [0.717, 1.165) is 5.69 Å². The predicted octanol–water partition coefficient (Wildman–Crippen LogP) is -0.0470. The molecule has 0 unspecified atom stereocenters. The lowest BCUT2D eigenvalue weighted by molar-refractivity contribution is -0.144. The number of pyridine rings is 1. The summed E-state index contributed by atoms with van der Waals surface area (Å²) in [4.78, 5) is 43.6. The average molecular weight is 316 g/mol. The van der Waals surface area contributed by atoms with Crippen molar-refractivity contribution in [1.29, 1.82) is 0 Å². The third kappa shape index (κ3) is 2.78. The molecule has 23 heavy (non-hydrogen) atoms. The smallest absolute Gasteiger partial charge is 0.255 e. The topological polar surface area (TPSA) is 82.6 Å². The van der Waals surface area contributed by atoms with E-state index >= 15 is 0 Å². The summed E-state index contributed by atoms with van der Waals surface area (Å²) in [5, 5.41) is 2.82. The predicted molar refractivity (Wildman–Crippen MR) is 82.6 cm³/mol. The van der Waals surface area contributed by atoms with E-state index in [9.17, 15) is 14.4 Å². The fourth-order valence-electron chi connectivity index (χ4n) is 3.34.